The zero-order valence-electron chi connectivity index (χ0n) is 11.5. The van der Waals surface area contributed by atoms with E-state index < -0.39 is 30.9 Å². The van der Waals surface area contributed by atoms with Crippen molar-refractivity contribution in [1.82, 2.24) is 0 Å². The predicted octanol–water partition coefficient (Wildman–Crippen LogP) is 3.15. The lowest BCUT2D eigenvalue weighted by atomic mass is 10.2. The molecule has 0 heterocycles. The molecule has 0 aliphatic heterocycles. The highest BCUT2D eigenvalue weighted by Gasteiger charge is 2.29. The molecule has 1 N–H and O–H groups in total. The third kappa shape index (κ3) is 6.29. The van der Waals surface area contributed by atoms with Crippen LogP contribution in [0.15, 0.2) is 24.3 Å². The molecule has 1 aromatic carbocycles. The normalized spacial score (nSPS) is 11.2. The highest BCUT2D eigenvalue weighted by molar-refractivity contribution is 5.93. The molecule has 1 rings (SSSR count). The smallest absolute Gasteiger partial charge is 0.389 e. The Morgan fingerprint density at radius 3 is 2.19 bits per heavy atom. The van der Waals surface area contributed by atoms with Gasteiger partial charge in [-0.3, -0.25) is 9.59 Å². The van der Waals surface area contributed by atoms with Crippen LogP contribution in [0.5, 0.6) is 0 Å². The molecule has 116 valence electrons. The van der Waals surface area contributed by atoms with E-state index >= 15 is 0 Å². The van der Waals surface area contributed by atoms with E-state index in [2.05, 4.69) is 0 Å². The first kappa shape index (κ1) is 17.0. The van der Waals surface area contributed by atoms with Crippen molar-refractivity contribution in [1.29, 1.82) is 0 Å². The van der Waals surface area contributed by atoms with Gasteiger partial charge in [-0.05, 0) is 19.1 Å². The molecule has 0 saturated heterocycles. The average Bonchev–Trinajstić information content (AvgIpc) is 2.37. The number of hydrogen-bond donors (Lipinski definition) is 1. The topological polar surface area (TPSA) is 57.6 Å². The number of benzene rings is 1. The van der Waals surface area contributed by atoms with Crippen molar-refractivity contribution in [3.8, 4) is 0 Å². The summed E-state index contributed by atoms with van der Waals surface area (Å²) in [6, 6.07) is 6.59. The Labute approximate surface area is 120 Å². The molecule has 1 amide bonds. The van der Waals surface area contributed by atoms with Crippen LogP contribution < -0.4 is 4.90 Å². The molecule has 0 aromatic heterocycles. The Hall–Kier alpha value is -2.05. The Balaban J connectivity index is 2.83. The van der Waals surface area contributed by atoms with E-state index in [0.29, 0.717) is 5.69 Å². The Morgan fingerprint density at radius 1 is 1.14 bits per heavy atom. The van der Waals surface area contributed by atoms with Crippen LogP contribution >= 0.6 is 0 Å². The summed E-state index contributed by atoms with van der Waals surface area (Å²) in [5, 5.41) is 8.68. The summed E-state index contributed by atoms with van der Waals surface area (Å²) in [6.45, 7) is 1.67. The molecule has 0 spiro atoms. The zero-order chi connectivity index (χ0) is 16.0. The van der Waals surface area contributed by atoms with Crippen molar-refractivity contribution < 1.29 is 27.9 Å². The number of aliphatic carboxylic acids is 1. The van der Waals surface area contributed by atoms with E-state index in [-0.39, 0.29) is 13.0 Å². The SMILES string of the molecule is Cc1ccc(N(CCC(=O)O)C(=O)CCC(F)(F)F)cc1. The van der Waals surface area contributed by atoms with E-state index in [9.17, 15) is 22.8 Å². The molecule has 0 bridgehead atoms. The molecule has 0 aliphatic carbocycles. The van der Waals surface area contributed by atoms with Gasteiger partial charge in [0, 0.05) is 18.7 Å². The molecule has 7 heteroatoms. The van der Waals surface area contributed by atoms with Crippen molar-refractivity contribution in [2.24, 2.45) is 0 Å². The van der Waals surface area contributed by atoms with Crippen LogP contribution in [0.3, 0.4) is 0 Å². The minimum absolute atomic E-state index is 0.158. The number of carbonyl (C=O) groups is 2. The van der Waals surface area contributed by atoms with Crippen molar-refractivity contribution in [3.05, 3.63) is 29.8 Å². The molecule has 0 radical (unpaired) electrons. The van der Waals surface area contributed by atoms with Gasteiger partial charge in [-0.1, -0.05) is 17.7 Å². The second kappa shape index (κ2) is 7.10. The van der Waals surface area contributed by atoms with Gasteiger partial charge in [0.25, 0.3) is 0 Å². The standard InChI is InChI=1S/C14H16F3NO3/c1-10-2-4-11(5-3-10)18(9-7-13(20)21)12(19)6-8-14(15,16)17/h2-5H,6-9H2,1H3,(H,20,21). The number of hydrogen-bond acceptors (Lipinski definition) is 2. The maximum absolute atomic E-state index is 12.2. The molecule has 4 nitrogen and oxygen atoms in total. The minimum atomic E-state index is -4.42. The first-order valence-corrected chi connectivity index (χ1v) is 6.34. The summed E-state index contributed by atoms with van der Waals surface area (Å²) in [5.41, 5.74) is 1.33. The lowest BCUT2D eigenvalue weighted by molar-refractivity contribution is -0.143. The van der Waals surface area contributed by atoms with Gasteiger partial charge in [-0.25, -0.2) is 0 Å². The summed E-state index contributed by atoms with van der Waals surface area (Å²) < 4.78 is 36.6. The summed E-state index contributed by atoms with van der Waals surface area (Å²) in [4.78, 5) is 23.6. The monoisotopic (exact) mass is 303 g/mol. The molecular weight excluding hydrogens is 287 g/mol. The predicted molar refractivity (Wildman–Crippen MR) is 71.1 cm³/mol. The van der Waals surface area contributed by atoms with Crippen LogP contribution in [0.1, 0.15) is 24.8 Å². The van der Waals surface area contributed by atoms with Gasteiger partial charge in [-0.15, -0.1) is 0 Å². The van der Waals surface area contributed by atoms with E-state index in [0.717, 1.165) is 10.5 Å². The summed E-state index contributed by atoms with van der Waals surface area (Å²) >= 11 is 0. The second-order valence-corrected chi connectivity index (χ2v) is 4.64. The average molecular weight is 303 g/mol. The first-order valence-electron chi connectivity index (χ1n) is 6.34. The minimum Gasteiger partial charge on any atom is -0.481 e. The number of aryl methyl sites for hydroxylation is 1. The number of halogens is 3. The molecule has 0 atom stereocenters. The third-order valence-corrected chi connectivity index (χ3v) is 2.82. The molecule has 1 aromatic rings. The largest absolute Gasteiger partial charge is 0.481 e. The van der Waals surface area contributed by atoms with Crippen LogP contribution in [0, 0.1) is 6.92 Å². The van der Waals surface area contributed by atoms with Gasteiger partial charge >= 0.3 is 12.1 Å². The van der Waals surface area contributed by atoms with Crippen LogP contribution in [-0.2, 0) is 9.59 Å². The zero-order valence-corrected chi connectivity index (χ0v) is 11.5. The fourth-order valence-corrected chi connectivity index (χ4v) is 1.71. The number of amides is 1. The summed E-state index contributed by atoms with van der Waals surface area (Å²) in [7, 11) is 0. The fraction of sp³-hybridized carbons (Fsp3) is 0.429. The lowest BCUT2D eigenvalue weighted by Crippen LogP contribution is -2.33. The Bertz CT molecular complexity index is 497. The highest BCUT2D eigenvalue weighted by Crippen LogP contribution is 2.23. The number of anilines is 1. The van der Waals surface area contributed by atoms with E-state index in [1.807, 2.05) is 6.92 Å². The quantitative estimate of drug-likeness (QED) is 0.878. The van der Waals surface area contributed by atoms with Crippen molar-refractivity contribution in [2.45, 2.75) is 32.4 Å². The van der Waals surface area contributed by atoms with Gasteiger partial charge in [-0.2, -0.15) is 13.2 Å². The van der Waals surface area contributed by atoms with Crippen LogP contribution in [0.25, 0.3) is 0 Å². The molecule has 0 aliphatic rings. The fourth-order valence-electron chi connectivity index (χ4n) is 1.71. The summed E-state index contributed by atoms with van der Waals surface area (Å²) in [6.07, 6.45) is -6.66. The van der Waals surface area contributed by atoms with Crippen LogP contribution in [0.4, 0.5) is 18.9 Å². The number of nitrogens with zero attached hydrogens (tertiary/aromatic N) is 1. The van der Waals surface area contributed by atoms with Crippen molar-refractivity contribution in [3.63, 3.8) is 0 Å². The van der Waals surface area contributed by atoms with Crippen molar-refractivity contribution >= 4 is 17.6 Å². The summed E-state index contributed by atoms with van der Waals surface area (Å²) in [5.74, 6) is -1.85. The second-order valence-electron chi connectivity index (χ2n) is 4.64. The number of alkyl halides is 3. The lowest BCUT2D eigenvalue weighted by Gasteiger charge is -2.22. The third-order valence-electron chi connectivity index (χ3n) is 2.82. The molecular formula is C14H16F3NO3. The maximum Gasteiger partial charge on any atom is 0.389 e. The number of carbonyl (C=O) groups excluding carboxylic acids is 1. The number of carboxylic acid groups (broad SMARTS) is 1. The molecule has 0 fully saturated rings. The van der Waals surface area contributed by atoms with E-state index in [4.69, 9.17) is 5.11 Å². The van der Waals surface area contributed by atoms with Gasteiger partial charge in [0.2, 0.25) is 5.91 Å². The first-order chi connectivity index (χ1) is 9.69. The van der Waals surface area contributed by atoms with E-state index in [1.165, 1.54) is 0 Å². The van der Waals surface area contributed by atoms with Gasteiger partial charge in [0.15, 0.2) is 0 Å². The number of carboxylic acids is 1. The molecule has 0 unspecified atom stereocenters. The van der Waals surface area contributed by atoms with Gasteiger partial charge in [0.05, 0.1) is 12.8 Å². The van der Waals surface area contributed by atoms with E-state index in [1.54, 1.807) is 24.3 Å². The van der Waals surface area contributed by atoms with Crippen molar-refractivity contribution in [2.75, 3.05) is 11.4 Å². The Morgan fingerprint density at radius 2 is 1.71 bits per heavy atom. The highest BCUT2D eigenvalue weighted by atomic mass is 19.4. The number of rotatable bonds is 6. The van der Waals surface area contributed by atoms with Gasteiger partial charge < -0.3 is 10.0 Å². The van der Waals surface area contributed by atoms with Gasteiger partial charge in [0.1, 0.15) is 0 Å². The van der Waals surface area contributed by atoms with Crippen LogP contribution in [-0.4, -0.2) is 29.7 Å². The maximum atomic E-state index is 12.2. The molecule has 21 heavy (non-hydrogen) atoms. The Kier molecular flexibility index (Phi) is 5.75. The van der Waals surface area contributed by atoms with Crippen LogP contribution in [0.2, 0.25) is 0 Å². The molecule has 0 saturated carbocycles.